The van der Waals surface area contributed by atoms with E-state index in [2.05, 4.69) is 13.8 Å². The Bertz CT molecular complexity index is 429. The molecule has 1 atom stereocenters. The molecule has 0 fully saturated rings. The predicted molar refractivity (Wildman–Crippen MR) is 132 cm³/mol. The molecule has 0 spiro atoms. The highest BCUT2D eigenvalue weighted by Crippen LogP contribution is 2.22. The number of carbonyl (C=O) groups excluding carboxylic acids is 2. The lowest BCUT2D eigenvalue weighted by Crippen LogP contribution is -2.57. The van der Waals surface area contributed by atoms with Gasteiger partial charge in [-0.25, -0.2) is 0 Å². The number of aliphatic hydroxyl groups is 3. The van der Waals surface area contributed by atoms with Crippen LogP contribution in [0.25, 0.3) is 0 Å². The van der Waals surface area contributed by atoms with Gasteiger partial charge >= 0.3 is 0 Å². The summed E-state index contributed by atoms with van der Waals surface area (Å²) >= 11 is 0. The summed E-state index contributed by atoms with van der Waals surface area (Å²) in [4.78, 5) is 25.3. The molecule has 0 aliphatic carbocycles. The van der Waals surface area contributed by atoms with Gasteiger partial charge in [0.25, 0.3) is 0 Å². The van der Waals surface area contributed by atoms with Crippen LogP contribution in [0, 0.1) is 0 Å². The molecule has 0 aliphatic rings. The third-order valence-corrected chi connectivity index (χ3v) is 6.52. The average Bonchev–Trinajstić information content (AvgIpc) is 2.80. The van der Waals surface area contributed by atoms with Crippen LogP contribution in [-0.4, -0.2) is 45.2 Å². The lowest BCUT2D eigenvalue weighted by molar-refractivity contribution is -0.166. The van der Waals surface area contributed by atoms with Crippen LogP contribution in [0.2, 0.25) is 0 Å². The number of Topliss-reactive ketones (excluding diaryl/α,β-unsaturated/α-hetero) is 2. The summed E-state index contributed by atoms with van der Waals surface area (Å²) < 4.78 is 0. The van der Waals surface area contributed by atoms with E-state index in [0.717, 1.165) is 38.5 Å². The molecule has 0 bridgehead atoms. The van der Waals surface area contributed by atoms with Crippen molar-refractivity contribution in [2.24, 2.45) is 0 Å². The molecule has 0 radical (unpaired) electrons. The van der Waals surface area contributed by atoms with Crippen LogP contribution in [0.3, 0.4) is 0 Å². The van der Waals surface area contributed by atoms with Crippen LogP contribution in [-0.2, 0) is 9.59 Å². The Morgan fingerprint density at radius 2 is 0.875 bits per heavy atom. The summed E-state index contributed by atoms with van der Waals surface area (Å²) in [5, 5.41) is 30.1. The molecular formula is C27H52O5. The van der Waals surface area contributed by atoms with Crippen molar-refractivity contribution >= 4 is 11.6 Å². The van der Waals surface area contributed by atoms with Gasteiger partial charge in [0.05, 0.1) is 6.61 Å². The minimum absolute atomic E-state index is 0.0624. The fourth-order valence-electron chi connectivity index (χ4n) is 4.23. The third-order valence-electron chi connectivity index (χ3n) is 6.52. The Hall–Kier alpha value is -0.780. The Morgan fingerprint density at radius 3 is 1.16 bits per heavy atom. The average molecular weight is 457 g/mol. The van der Waals surface area contributed by atoms with E-state index in [1.807, 2.05) is 0 Å². The van der Waals surface area contributed by atoms with Crippen LogP contribution in [0.15, 0.2) is 0 Å². The topological polar surface area (TPSA) is 94.8 Å². The van der Waals surface area contributed by atoms with Gasteiger partial charge in [0.15, 0.2) is 11.6 Å². The van der Waals surface area contributed by atoms with Gasteiger partial charge in [0.1, 0.15) is 6.10 Å². The molecule has 0 aromatic carbocycles. The molecule has 190 valence electrons. The minimum Gasteiger partial charge on any atom is -0.394 e. The molecule has 0 aromatic heterocycles. The van der Waals surface area contributed by atoms with Crippen molar-refractivity contribution in [3.05, 3.63) is 0 Å². The Morgan fingerprint density at radius 1 is 0.594 bits per heavy atom. The number of aliphatic hydroxyl groups excluding tert-OH is 2. The lowest BCUT2D eigenvalue weighted by atomic mass is 9.82. The smallest absolute Gasteiger partial charge is 0.209 e. The van der Waals surface area contributed by atoms with E-state index < -0.39 is 29.9 Å². The number of hydrogen-bond acceptors (Lipinski definition) is 5. The van der Waals surface area contributed by atoms with Crippen LogP contribution in [0.5, 0.6) is 0 Å². The fraction of sp³-hybridized carbons (Fsp3) is 0.926. The molecule has 1 unspecified atom stereocenters. The zero-order chi connectivity index (χ0) is 24.1. The summed E-state index contributed by atoms with van der Waals surface area (Å²) in [5.74, 6) is -1.30. The van der Waals surface area contributed by atoms with Crippen molar-refractivity contribution in [2.45, 2.75) is 154 Å². The highest BCUT2D eigenvalue weighted by atomic mass is 16.4. The first-order chi connectivity index (χ1) is 15.4. The first-order valence-electron chi connectivity index (χ1n) is 13.5. The van der Waals surface area contributed by atoms with Gasteiger partial charge in [-0.05, 0) is 12.8 Å². The number of hydrogen-bond donors (Lipinski definition) is 3. The maximum Gasteiger partial charge on any atom is 0.209 e. The Labute approximate surface area is 197 Å². The molecule has 32 heavy (non-hydrogen) atoms. The van der Waals surface area contributed by atoms with Crippen molar-refractivity contribution in [3.63, 3.8) is 0 Å². The largest absolute Gasteiger partial charge is 0.394 e. The van der Waals surface area contributed by atoms with Gasteiger partial charge in [-0.2, -0.15) is 0 Å². The summed E-state index contributed by atoms with van der Waals surface area (Å²) in [6.07, 6.45) is 18.2. The van der Waals surface area contributed by atoms with Crippen LogP contribution in [0.1, 0.15) is 142 Å². The minimum atomic E-state index is -2.46. The molecule has 0 saturated heterocycles. The zero-order valence-electron chi connectivity index (χ0n) is 21.1. The van der Waals surface area contributed by atoms with E-state index in [-0.39, 0.29) is 12.8 Å². The van der Waals surface area contributed by atoms with Gasteiger partial charge in [-0.15, -0.1) is 0 Å². The second-order valence-electron chi connectivity index (χ2n) is 9.47. The van der Waals surface area contributed by atoms with Crippen molar-refractivity contribution in [1.29, 1.82) is 0 Å². The van der Waals surface area contributed by atoms with Crippen molar-refractivity contribution in [3.8, 4) is 0 Å². The number of rotatable bonds is 24. The molecular weight excluding hydrogens is 404 g/mol. The van der Waals surface area contributed by atoms with Gasteiger partial charge in [-0.3, -0.25) is 9.59 Å². The van der Waals surface area contributed by atoms with E-state index in [9.17, 15) is 24.9 Å². The van der Waals surface area contributed by atoms with Crippen LogP contribution >= 0.6 is 0 Å². The van der Waals surface area contributed by atoms with Crippen molar-refractivity contribution in [2.75, 3.05) is 6.61 Å². The standard InChI is InChI=1S/C27H52O5/c1-3-5-7-9-11-13-15-17-19-21-24(29)27(32,26(31)23-28)25(30)22-20-18-16-14-12-10-8-6-4-2/h26,28,31-32H,3-23H2,1-2H3. The first kappa shape index (κ1) is 31.2. The molecule has 0 aromatic rings. The second-order valence-corrected chi connectivity index (χ2v) is 9.47. The maximum absolute atomic E-state index is 12.6. The van der Waals surface area contributed by atoms with Gasteiger partial charge in [-0.1, -0.05) is 117 Å². The predicted octanol–water partition coefficient (Wildman–Crippen LogP) is 6.05. The van der Waals surface area contributed by atoms with Gasteiger partial charge in [0.2, 0.25) is 5.60 Å². The molecule has 0 aliphatic heterocycles. The molecule has 0 rings (SSSR count). The quantitative estimate of drug-likeness (QED) is 0.121. The Kier molecular flexibility index (Phi) is 20.3. The summed E-state index contributed by atoms with van der Waals surface area (Å²) in [6, 6.07) is 0. The number of ketones is 2. The third kappa shape index (κ3) is 13.7. The van der Waals surface area contributed by atoms with Gasteiger partial charge < -0.3 is 15.3 Å². The summed E-state index contributed by atoms with van der Waals surface area (Å²) in [7, 11) is 0. The van der Waals surface area contributed by atoms with Crippen LogP contribution < -0.4 is 0 Å². The molecule has 0 heterocycles. The molecule has 5 heteroatoms. The second kappa shape index (κ2) is 20.8. The van der Waals surface area contributed by atoms with E-state index in [1.165, 1.54) is 64.2 Å². The number of unbranched alkanes of at least 4 members (excludes halogenated alkanes) is 16. The SMILES string of the molecule is CCCCCCCCCCCC(=O)C(O)(C(=O)CCCCCCCCCCC)C(O)CO. The van der Waals surface area contributed by atoms with E-state index >= 15 is 0 Å². The van der Waals surface area contributed by atoms with E-state index in [4.69, 9.17) is 0 Å². The summed E-state index contributed by atoms with van der Waals surface area (Å²) in [5.41, 5.74) is -2.46. The van der Waals surface area contributed by atoms with E-state index in [1.54, 1.807) is 0 Å². The highest BCUT2D eigenvalue weighted by Gasteiger charge is 2.48. The molecule has 0 amide bonds. The maximum atomic E-state index is 12.6. The normalized spacial score (nSPS) is 12.8. The number of carbonyl (C=O) groups is 2. The Balaban J connectivity index is 4.22. The lowest BCUT2D eigenvalue weighted by Gasteiger charge is -2.29. The fourth-order valence-corrected chi connectivity index (χ4v) is 4.23. The van der Waals surface area contributed by atoms with Crippen LogP contribution in [0.4, 0.5) is 0 Å². The zero-order valence-corrected chi connectivity index (χ0v) is 21.1. The molecule has 0 saturated carbocycles. The first-order valence-corrected chi connectivity index (χ1v) is 13.5. The summed E-state index contributed by atoms with van der Waals surface area (Å²) in [6.45, 7) is 3.60. The van der Waals surface area contributed by atoms with Gasteiger partial charge in [0, 0.05) is 12.8 Å². The molecule has 3 N–H and O–H groups in total. The van der Waals surface area contributed by atoms with E-state index in [0.29, 0.717) is 12.8 Å². The van der Waals surface area contributed by atoms with Crippen molar-refractivity contribution in [1.82, 2.24) is 0 Å². The highest BCUT2D eigenvalue weighted by molar-refractivity contribution is 6.10. The van der Waals surface area contributed by atoms with Crippen molar-refractivity contribution < 1.29 is 24.9 Å². The monoisotopic (exact) mass is 456 g/mol. The molecule has 5 nitrogen and oxygen atoms in total.